The molecule has 0 fully saturated rings. The van der Waals surface area contributed by atoms with E-state index in [-0.39, 0.29) is 5.78 Å². The Morgan fingerprint density at radius 2 is 2.27 bits per heavy atom. The number of carbonyl (C=O) groups excluding carboxylic acids is 1. The summed E-state index contributed by atoms with van der Waals surface area (Å²) < 4.78 is 1.86. The van der Waals surface area contributed by atoms with Crippen molar-refractivity contribution in [1.82, 2.24) is 14.4 Å². The van der Waals surface area contributed by atoms with Crippen LogP contribution in [-0.4, -0.2) is 26.4 Å². The highest BCUT2D eigenvalue weighted by atomic mass is 32.2. The maximum Gasteiger partial charge on any atom is 0.207 e. The fraction of sp³-hybridized carbons (Fsp3) is 0.200. The Morgan fingerprint density at radius 3 is 2.91 bits per heavy atom. The average molecular weight is 328 g/mol. The molecule has 3 aromatic heterocycles. The zero-order valence-electron chi connectivity index (χ0n) is 12.0. The predicted octanol–water partition coefficient (Wildman–Crippen LogP) is 3.31. The Hall–Kier alpha value is -2.17. The Bertz CT molecular complexity index is 890. The third-order valence-electron chi connectivity index (χ3n) is 3.21. The van der Waals surface area contributed by atoms with Crippen LogP contribution in [0.4, 0.5) is 0 Å². The minimum absolute atomic E-state index is 0.305. The van der Waals surface area contributed by atoms with Crippen LogP contribution in [0.5, 0.6) is 0 Å². The van der Waals surface area contributed by atoms with Gasteiger partial charge in [-0.1, -0.05) is 17.8 Å². The molecule has 3 rings (SSSR count). The summed E-state index contributed by atoms with van der Waals surface area (Å²) in [6, 6.07) is 7.64. The molecule has 22 heavy (non-hydrogen) atoms. The number of aromatic nitrogens is 3. The van der Waals surface area contributed by atoms with E-state index in [0.717, 1.165) is 10.9 Å². The van der Waals surface area contributed by atoms with Gasteiger partial charge in [0.1, 0.15) is 10.7 Å². The first kappa shape index (κ1) is 14.8. The monoisotopic (exact) mass is 328 g/mol. The van der Waals surface area contributed by atoms with Crippen molar-refractivity contribution in [3.8, 4) is 6.07 Å². The van der Waals surface area contributed by atoms with E-state index in [0.29, 0.717) is 16.2 Å². The van der Waals surface area contributed by atoms with Gasteiger partial charge in [0, 0.05) is 17.3 Å². The maximum absolute atomic E-state index is 12.8. The maximum atomic E-state index is 12.8. The molecule has 0 aliphatic carbocycles. The third-order valence-corrected chi connectivity index (χ3v) is 4.89. The molecule has 7 heteroatoms. The molecule has 110 valence electrons. The molecule has 0 radical (unpaired) electrons. The molecule has 0 saturated carbocycles. The predicted molar refractivity (Wildman–Crippen MR) is 86.5 cm³/mol. The van der Waals surface area contributed by atoms with Gasteiger partial charge in [-0.15, -0.1) is 11.3 Å². The molecule has 3 heterocycles. The number of fused-ring (bicyclic) bond motifs is 1. The lowest BCUT2D eigenvalue weighted by molar-refractivity contribution is 0.0975. The summed E-state index contributed by atoms with van der Waals surface area (Å²) in [6.07, 6.45) is 3.77. The highest BCUT2D eigenvalue weighted by Crippen LogP contribution is 2.27. The largest absolute Gasteiger partial charge is 0.294 e. The molecule has 3 aromatic rings. The lowest BCUT2D eigenvalue weighted by Crippen LogP contribution is -2.12. The van der Waals surface area contributed by atoms with Crippen LogP contribution in [0.2, 0.25) is 0 Å². The molecule has 0 N–H and O–H groups in total. The number of thiazole rings is 1. The number of aryl methyl sites for hydroxylation is 1. The third kappa shape index (κ3) is 2.40. The molecule has 1 atom stereocenters. The van der Waals surface area contributed by atoms with Crippen LogP contribution in [0.15, 0.2) is 34.9 Å². The molecular formula is C15H12N4OS2. The van der Waals surface area contributed by atoms with Gasteiger partial charge in [0.25, 0.3) is 0 Å². The SMILES string of the molecule is CSc1nc(C(=O)[C@@H](C#N)c2nc(C)cs2)c2ccccn12. The van der Waals surface area contributed by atoms with E-state index in [9.17, 15) is 10.1 Å². The van der Waals surface area contributed by atoms with Gasteiger partial charge < -0.3 is 0 Å². The van der Waals surface area contributed by atoms with Crippen molar-refractivity contribution in [2.45, 2.75) is 18.0 Å². The summed E-state index contributed by atoms with van der Waals surface area (Å²) in [5.41, 5.74) is 1.85. The first-order valence-electron chi connectivity index (χ1n) is 6.52. The molecule has 0 amide bonds. The van der Waals surface area contributed by atoms with Crippen LogP contribution in [0.3, 0.4) is 0 Å². The molecular weight excluding hydrogens is 316 g/mol. The smallest absolute Gasteiger partial charge is 0.207 e. The zero-order chi connectivity index (χ0) is 15.7. The van der Waals surface area contributed by atoms with Crippen molar-refractivity contribution >= 4 is 34.4 Å². The van der Waals surface area contributed by atoms with Crippen molar-refractivity contribution in [1.29, 1.82) is 5.26 Å². The van der Waals surface area contributed by atoms with Crippen molar-refractivity contribution in [3.63, 3.8) is 0 Å². The van der Waals surface area contributed by atoms with Crippen LogP contribution < -0.4 is 0 Å². The summed E-state index contributed by atoms with van der Waals surface area (Å²) >= 11 is 2.79. The topological polar surface area (TPSA) is 71.0 Å². The van der Waals surface area contributed by atoms with E-state index in [1.807, 2.05) is 47.4 Å². The van der Waals surface area contributed by atoms with Gasteiger partial charge in [-0.05, 0) is 25.3 Å². The second-order valence-electron chi connectivity index (χ2n) is 4.66. The van der Waals surface area contributed by atoms with Crippen molar-refractivity contribution in [3.05, 3.63) is 46.2 Å². The van der Waals surface area contributed by atoms with Gasteiger partial charge in [-0.2, -0.15) is 5.26 Å². The number of pyridine rings is 1. The Labute approximate surface area is 135 Å². The van der Waals surface area contributed by atoms with E-state index >= 15 is 0 Å². The minimum Gasteiger partial charge on any atom is -0.294 e. The molecule has 0 saturated heterocycles. The normalized spacial score (nSPS) is 12.2. The number of carbonyl (C=O) groups is 1. The van der Waals surface area contributed by atoms with Gasteiger partial charge >= 0.3 is 0 Å². The molecule has 0 aliphatic heterocycles. The van der Waals surface area contributed by atoms with E-state index in [2.05, 4.69) is 16.0 Å². The Kier molecular flexibility index (Phi) is 3.96. The number of Topliss-reactive ketones (excluding diaryl/α,β-unsaturated/α-hetero) is 1. The number of hydrogen-bond donors (Lipinski definition) is 0. The second kappa shape index (κ2) is 5.91. The number of thioether (sulfide) groups is 1. The van der Waals surface area contributed by atoms with Crippen LogP contribution >= 0.6 is 23.1 Å². The number of ketones is 1. The summed E-state index contributed by atoms with van der Waals surface area (Å²) in [5, 5.41) is 12.5. The Balaban J connectivity index is 2.10. The van der Waals surface area contributed by atoms with Crippen LogP contribution in [0.1, 0.15) is 27.1 Å². The molecule has 0 aliphatic rings. The molecule has 0 spiro atoms. The van der Waals surface area contributed by atoms with E-state index < -0.39 is 5.92 Å². The van der Waals surface area contributed by atoms with Gasteiger partial charge in [-0.3, -0.25) is 9.20 Å². The lowest BCUT2D eigenvalue weighted by Gasteiger charge is -2.03. The second-order valence-corrected chi connectivity index (χ2v) is 6.32. The zero-order valence-corrected chi connectivity index (χ0v) is 13.6. The summed E-state index contributed by atoms with van der Waals surface area (Å²) in [6.45, 7) is 1.84. The number of rotatable bonds is 4. The number of hydrogen-bond acceptors (Lipinski definition) is 6. The molecule has 5 nitrogen and oxygen atoms in total. The molecule has 0 bridgehead atoms. The summed E-state index contributed by atoms with van der Waals surface area (Å²) in [5.74, 6) is -1.21. The fourth-order valence-electron chi connectivity index (χ4n) is 2.20. The first-order chi connectivity index (χ1) is 10.7. The van der Waals surface area contributed by atoms with Crippen LogP contribution in [0.25, 0.3) is 5.52 Å². The van der Waals surface area contributed by atoms with Crippen LogP contribution in [0, 0.1) is 18.3 Å². The van der Waals surface area contributed by atoms with Crippen molar-refractivity contribution < 1.29 is 4.79 Å². The van der Waals surface area contributed by atoms with E-state index in [4.69, 9.17) is 0 Å². The van der Waals surface area contributed by atoms with E-state index in [1.54, 1.807) is 0 Å². The van der Waals surface area contributed by atoms with Gasteiger partial charge in [0.15, 0.2) is 11.1 Å². The summed E-state index contributed by atoms with van der Waals surface area (Å²) in [4.78, 5) is 21.5. The average Bonchev–Trinajstić information content (AvgIpc) is 3.12. The van der Waals surface area contributed by atoms with Crippen molar-refractivity contribution in [2.24, 2.45) is 0 Å². The fourth-order valence-corrected chi connectivity index (χ4v) is 3.58. The quantitative estimate of drug-likeness (QED) is 0.543. The molecule has 0 unspecified atom stereocenters. The highest BCUT2D eigenvalue weighted by Gasteiger charge is 2.28. The van der Waals surface area contributed by atoms with Gasteiger partial charge in [0.05, 0.1) is 11.6 Å². The lowest BCUT2D eigenvalue weighted by atomic mass is 10.0. The minimum atomic E-state index is -0.910. The van der Waals surface area contributed by atoms with Crippen molar-refractivity contribution in [2.75, 3.05) is 6.26 Å². The van der Waals surface area contributed by atoms with Gasteiger partial charge in [0.2, 0.25) is 5.78 Å². The molecule has 0 aromatic carbocycles. The highest BCUT2D eigenvalue weighted by molar-refractivity contribution is 7.98. The first-order valence-corrected chi connectivity index (χ1v) is 8.63. The number of imidazole rings is 1. The van der Waals surface area contributed by atoms with E-state index in [1.165, 1.54) is 23.1 Å². The standard InChI is InChI=1S/C15H12N4OS2/c1-9-8-22-14(17-9)10(7-16)13(20)12-11-5-3-4-6-19(11)15(18-12)21-2/h3-6,8,10H,1-2H3/t10-/m1/s1. The van der Waals surface area contributed by atoms with Crippen LogP contribution in [-0.2, 0) is 0 Å². The Morgan fingerprint density at radius 1 is 1.45 bits per heavy atom. The number of nitriles is 1. The van der Waals surface area contributed by atoms with Gasteiger partial charge in [-0.25, -0.2) is 9.97 Å². The summed E-state index contributed by atoms with van der Waals surface area (Å²) in [7, 11) is 0. The number of nitrogens with zero attached hydrogens (tertiary/aromatic N) is 4.